The van der Waals surface area contributed by atoms with E-state index in [1.165, 1.54) is 17.5 Å². The molecule has 0 aromatic carbocycles. The third-order valence-corrected chi connectivity index (χ3v) is 2.95. The summed E-state index contributed by atoms with van der Waals surface area (Å²) in [5.41, 5.74) is -2.17. The molecule has 2 aromatic heterocycles. The molecule has 6 nitrogen and oxygen atoms in total. The van der Waals surface area contributed by atoms with Crippen molar-refractivity contribution < 1.29 is 9.18 Å². The van der Waals surface area contributed by atoms with Crippen LogP contribution in [0.25, 0.3) is 6.08 Å². The minimum Gasteiger partial charge on any atom is -0.314 e. The molecule has 0 radical (unpaired) electrons. The summed E-state index contributed by atoms with van der Waals surface area (Å²) in [4.78, 5) is 36.2. The van der Waals surface area contributed by atoms with Gasteiger partial charge in [-0.2, -0.15) is 4.39 Å². The highest BCUT2D eigenvalue weighted by atomic mass is 32.1. The summed E-state index contributed by atoms with van der Waals surface area (Å²) in [6.45, 7) is 0. The van der Waals surface area contributed by atoms with Crippen molar-refractivity contribution in [3.8, 4) is 0 Å². The van der Waals surface area contributed by atoms with Crippen LogP contribution in [0.1, 0.15) is 4.88 Å². The molecular formula is C11H8FN3O3S. The minimum absolute atomic E-state index is 0.440. The van der Waals surface area contributed by atoms with Gasteiger partial charge in [0.2, 0.25) is 5.82 Å². The highest BCUT2D eigenvalue weighted by Gasteiger charge is 2.09. The molecule has 0 atom stereocenters. The first-order valence-electron chi connectivity index (χ1n) is 5.10. The summed E-state index contributed by atoms with van der Waals surface area (Å²) in [6.07, 6.45) is 3.48. The number of hydrogen-bond acceptors (Lipinski definition) is 4. The van der Waals surface area contributed by atoms with Crippen LogP contribution in [0.2, 0.25) is 0 Å². The first-order chi connectivity index (χ1) is 9.08. The van der Waals surface area contributed by atoms with Gasteiger partial charge >= 0.3 is 11.7 Å². The van der Waals surface area contributed by atoms with Crippen LogP contribution in [0.15, 0.2) is 39.5 Å². The zero-order chi connectivity index (χ0) is 13.8. The van der Waals surface area contributed by atoms with E-state index in [1.54, 1.807) is 11.1 Å². The van der Waals surface area contributed by atoms with Gasteiger partial charge in [-0.15, -0.1) is 11.3 Å². The molecule has 0 saturated heterocycles. The van der Waals surface area contributed by atoms with Gasteiger partial charge in [0.1, 0.15) is 0 Å². The maximum Gasteiger partial charge on any atom is 0.336 e. The van der Waals surface area contributed by atoms with Gasteiger partial charge in [-0.3, -0.25) is 9.78 Å². The maximum atomic E-state index is 13.0. The molecule has 0 aliphatic rings. The van der Waals surface area contributed by atoms with Crippen molar-refractivity contribution >= 4 is 23.4 Å². The summed E-state index contributed by atoms with van der Waals surface area (Å²) >= 11 is 1.46. The van der Waals surface area contributed by atoms with Gasteiger partial charge < -0.3 is 5.32 Å². The van der Waals surface area contributed by atoms with Crippen LogP contribution >= 0.6 is 11.3 Å². The minimum atomic E-state index is -1.21. The number of hydrogen-bond donors (Lipinski definition) is 2. The number of aromatic amines is 1. The van der Waals surface area contributed by atoms with Gasteiger partial charge in [-0.25, -0.2) is 14.2 Å². The molecule has 19 heavy (non-hydrogen) atoms. The van der Waals surface area contributed by atoms with E-state index in [2.05, 4.69) is 5.32 Å². The van der Waals surface area contributed by atoms with E-state index in [9.17, 15) is 18.8 Å². The lowest BCUT2D eigenvalue weighted by molar-refractivity contribution is 0.244. The van der Waals surface area contributed by atoms with Crippen LogP contribution in [0.5, 0.6) is 0 Å². The van der Waals surface area contributed by atoms with Crippen LogP contribution < -0.4 is 16.6 Å². The number of rotatable bonds is 2. The quantitative estimate of drug-likeness (QED) is 0.860. The molecule has 2 N–H and O–H groups in total. The van der Waals surface area contributed by atoms with Crippen molar-refractivity contribution in [3.63, 3.8) is 0 Å². The van der Waals surface area contributed by atoms with Gasteiger partial charge in [-0.1, -0.05) is 6.07 Å². The Morgan fingerprint density at radius 2 is 2.26 bits per heavy atom. The number of carbonyl (C=O) groups is 1. The van der Waals surface area contributed by atoms with Crippen LogP contribution in [0, 0.1) is 5.82 Å². The second-order valence-corrected chi connectivity index (χ2v) is 4.38. The highest BCUT2D eigenvalue weighted by molar-refractivity contribution is 7.10. The molecular weight excluding hydrogens is 273 g/mol. The lowest BCUT2D eigenvalue weighted by Crippen LogP contribution is -2.39. The number of nitrogens with zero attached hydrogens (tertiary/aromatic N) is 1. The van der Waals surface area contributed by atoms with Gasteiger partial charge in [-0.05, 0) is 17.5 Å². The average Bonchev–Trinajstić information content (AvgIpc) is 2.86. The maximum absolute atomic E-state index is 13.0. The molecule has 2 heterocycles. The average molecular weight is 281 g/mol. The Hall–Kier alpha value is -2.48. The molecule has 98 valence electrons. The number of nitrogens with one attached hydrogen (secondary N) is 2. The van der Waals surface area contributed by atoms with Gasteiger partial charge in [0.05, 0.1) is 6.20 Å². The predicted molar refractivity (Wildman–Crippen MR) is 68.6 cm³/mol. The zero-order valence-electron chi connectivity index (χ0n) is 9.42. The molecule has 1 amide bonds. The van der Waals surface area contributed by atoms with Gasteiger partial charge in [0, 0.05) is 11.1 Å². The van der Waals surface area contributed by atoms with E-state index in [0.29, 0.717) is 10.8 Å². The largest absolute Gasteiger partial charge is 0.336 e. The molecule has 2 aromatic rings. The first kappa shape index (κ1) is 13.0. The second kappa shape index (κ2) is 5.44. The van der Waals surface area contributed by atoms with E-state index < -0.39 is 23.1 Å². The molecule has 0 saturated carbocycles. The Bertz CT molecular complexity index is 730. The summed E-state index contributed by atoms with van der Waals surface area (Å²) in [5, 5.41) is 4.15. The second-order valence-electron chi connectivity index (χ2n) is 3.40. The number of amides is 1. The van der Waals surface area contributed by atoms with Crippen molar-refractivity contribution in [1.82, 2.24) is 14.9 Å². The van der Waals surface area contributed by atoms with Crippen molar-refractivity contribution in [3.05, 3.63) is 61.4 Å². The number of carbonyl (C=O) groups excluding carboxylic acids is 1. The smallest absolute Gasteiger partial charge is 0.314 e. The molecule has 2 rings (SSSR count). The number of halogens is 1. The first-order valence-corrected chi connectivity index (χ1v) is 5.98. The fourth-order valence-electron chi connectivity index (χ4n) is 1.25. The molecule has 0 fully saturated rings. The summed E-state index contributed by atoms with van der Waals surface area (Å²) < 4.78 is 13.4. The molecule has 0 unspecified atom stereocenters. The summed E-state index contributed by atoms with van der Waals surface area (Å²) in [7, 11) is 0. The van der Waals surface area contributed by atoms with Gasteiger partial charge in [0.25, 0.3) is 5.56 Å². The molecule has 0 spiro atoms. The van der Waals surface area contributed by atoms with E-state index in [-0.39, 0.29) is 0 Å². The molecule has 0 aliphatic heterocycles. The Balaban J connectivity index is 2.15. The number of aromatic nitrogens is 2. The predicted octanol–water partition coefficient (Wildman–Crippen LogP) is 0.966. The summed E-state index contributed by atoms with van der Waals surface area (Å²) in [6, 6.07) is 2.81. The fraction of sp³-hybridized carbons (Fsp3) is 0. The van der Waals surface area contributed by atoms with Crippen molar-refractivity contribution in [2.75, 3.05) is 0 Å². The third-order valence-electron chi connectivity index (χ3n) is 2.12. The Labute approximate surface area is 109 Å². The molecule has 0 bridgehead atoms. The Kier molecular flexibility index (Phi) is 3.71. The summed E-state index contributed by atoms with van der Waals surface area (Å²) in [5.74, 6) is -1.21. The zero-order valence-corrected chi connectivity index (χ0v) is 10.2. The Morgan fingerprint density at radius 1 is 1.47 bits per heavy atom. The van der Waals surface area contributed by atoms with Crippen LogP contribution in [0.3, 0.4) is 0 Å². The van der Waals surface area contributed by atoms with E-state index in [1.807, 2.05) is 17.5 Å². The third kappa shape index (κ3) is 3.05. The Morgan fingerprint density at radius 3 is 2.95 bits per heavy atom. The number of H-pyrrole nitrogens is 1. The van der Waals surface area contributed by atoms with E-state index in [4.69, 9.17) is 0 Å². The van der Waals surface area contributed by atoms with Gasteiger partial charge in [0.15, 0.2) is 0 Å². The normalized spacial score (nSPS) is 10.8. The lowest BCUT2D eigenvalue weighted by atomic mass is 10.4. The van der Waals surface area contributed by atoms with E-state index >= 15 is 0 Å². The monoisotopic (exact) mass is 281 g/mol. The standard InChI is InChI=1S/C11H8FN3O3S/c12-8-6-15(11(18)14-9(8)16)10(17)13-4-3-7-2-1-5-19-7/h1-6H,(H,13,17)(H,14,16,18)/b4-3+. The molecule has 8 heteroatoms. The highest BCUT2D eigenvalue weighted by Crippen LogP contribution is 2.09. The molecule has 0 aliphatic carbocycles. The van der Waals surface area contributed by atoms with Crippen LogP contribution in [-0.4, -0.2) is 15.6 Å². The van der Waals surface area contributed by atoms with E-state index in [0.717, 1.165) is 4.88 Å². The van der Waals surface area contributed by atoms with Crippen molar-refractivity contribution in [2.24, 2.45) is 0 Å². The van der Waals surface area contributed by atoms with Crippen molar-refractivity contribution in [1.29, 1.82) is 0 Å². The van der Waals surface area contributed by atoms with Crippen LogP contribution in [-0.2, 0) is 0 Å². The van der Waals surface area contributed by atoms with Crippen molar-refractivity contribution in [2.45, 2.75) is 0 Å². The number of thiophene rings is 1. The van der Waals surface area contributed by atoms with Crippen LogP contribution in [0.4, 0.5) is 9.18 Å². The SMILES string of the molecule is O=C(N/C=C/c1cccs1)n1cc(F)c(=O)[nH]c1=O. The fourth-order valence-corrected chi connectivity index (χ4v) is 1.87. The lowest BCUT2D eigenvalue weighted by Gasteiger charge is -2.02. The topological polar surface area (TPSA) is 84.0 Å².